The minimum absolute atomic E-state index is 0.294. The van der Waals surface area contributed by atoms with Crippen LogP contribution in [-0.2, 0) is 4.74 Å². The number of hydrogen-bond acceptors (Lipinski definition) is 3. The zero-order valence-electron chi connectivity index (χ0n) is 10.2. The molecular weight excluding hydrogens is 188 g/mol. The van der Waals surface area contributed by atoms with Crippen molar-refractivity contribution in [3.05, 3.63) is 0 Å². The van der Waals surface area contributed by atoms with Crippen LogP contribution in [0.2, 0.25) is 0 Å². The van der Waals surface area contributed by atoms with Crippen LogP contribution in [0.3, 0.4) is 0 Å². The van der Waals surface area contributed by atoms with Crippen molar-refractivity contribution in [1.29, 1.82) is 0 Å². The lowest BCUT2D eigenvalue weighted by Crippen LogP contribution is -2.35. The van der Waals surface area contributed by atoms with E-state index in [0.717, 1.165) is 38.0 Å². The van der Waals surface area contributed by atoms with E-state index in [0.29, 0.717) is 6.04 Å². The molecule has 15 heavy (non-hydrogen) atoms. The zero-order chi connectivity index (χ0) is 11.1. The maximum Gasteiger partial charge on any atom is 0.0462 e. The first-order valence-corrected chi connectivity index (χ1v) is 6.25. The summed E-state index contributed by atoms with van der Waals surface area (Å²) in [5.41, 5.74) is 5.99. The molecule has 3 nitrogen and oxygen atoms in total. The summed E-state index contributed by atoms with van der Waals surface area (Å²) in [5, 5.41) is 3.55. The zero-order valence-corrected chi connectivity index (χ0v) is 10.2. The molecule has 3 atom stereocenters. The number of nitrogens with one attached hydrogen (secondary N) is 1. The summed E-state index contributed by atoms with van der Waals surface area (Å²) in [6.07, 6.45) is 6.17. The summed E-state index contributed by atoms with van der Waals surface area (Å²) in [7, 11) is 1.74. The van der Waals surface area contributed by atoms with Crippen molar-refractivity contribution in [3.8, 4) is 0 Å². The molecule has 0 aromatic rings. The van der Waals surface area contributed by atoms with E-state index >= 15 is 0 Å². The van der Waals surface area contributed by atoms with Gasteiger partial charge in [-0.25, -0.2) is 0 Å². The first-order valence-electron chi connectivity index (χ1n) is 6.25. The second-order valence-corrected chi connectivity index (χ2v) is 4.69. The number of nitrogens with two attached hydrogens (primary N) is 1. The Bertz CT molecular complexity index is 164. The Balaban J connectivity index is 1.91. The van der Waals surface area contributed by atoms with Gasteiger partial charge in [0.1, 0.15) is 0 Å². The maximum absolute atomic E-state index is 5.99. The van der Waals surface area contributed by atoms with Gasteiger partial charge in [-0.15, -0.1) is 0 Å². The highest BCUT2D eigenvalue weighted by Crippen LogP contribution is 2.34. The minimum atomic E-state index is 0.294. The Morgan fingerprint density at radius 1 is 1.53 bits per heavy atom. The highest BCUT2D eigenvalue weighted by molar-refractivity contribution is 4.93. The van der Waals surface area contributed by atoms with Gasteiger partial charge >= 0.3 is 0 Å². The summed E-state index contributed by atoms with van der Waals surface area (Å²) < 4.78 is 5.00. The van der Waals surface area contributed by atoms with E-state index in [1.54, 1.807) is 7.11 Å². The molecule has 0 heterocycles. The fraction of sp³-hybridized carbons (Fsp3) is 1.00. The molecule has 0 saturated heterocycles. The van der Waals surface area contributed by atoms with E-state index in [2.05, 4.69) is 12.2 Å². The lowest BCUT2D eigenvalue weighted by atomic mass is 10.1. The van der Waals surface area contributed by atoms with Gasteiger partial charge in [0.15, 0.2) is 0 Å². The Hall–Kier alpha value is -0.120. The molecule has 1 rings (SSSR count). The highest BCUT2D eigenvalue weighted by Gasteiger charge is 2.35. The van der Waals surface area contributed by atoms with Crippen LogP contribution in [0.1, 0.15) is 39.0 Å². The summed E-state index contributed by atoms with van der Waals surface area (Å²) in [6.45, 7) is 4.05. The lowest BCUT2D eigenvalue weighted by molar-refractivity contribution is 0.190. The van der Waals surface area contributed by atoms with E-state index < -0.39 is 0 Å². The largest absolute Gasteiger partial charge is 0.385 e. The SMILES string of the molecule is CCCC1CC1NCC(N)CCCOC. The van der Waals surface area contributed by atoms with Crippen LogP contribution in [0.5, 0.6) is 0 Å². The number of hydrogen-bond donors (Lipinski definition) is 2. The molecule has 0 amide bonds. The molecule has 1 aliphatic carbocycles. The Kier molecular flexibility index (Phi) is 6.22. The third kappa shape index (κ3) is 5.50. The molecule has 1 aliphatic rings. The van der Waals surface area contributed by atoms with Crippen LogP contribution in [0.15, 0.2) is 0 Å². The van der Waals surface area contributed by atoms with Crippen LogP contribution >= 0.6 is 0 Å². The van der Waals surface area contributed by atoms with Gasteiger partial charge in [0.25, 0.3) is 0 Å². The first-order chi connectivity index (χ1) is 7.27. The standard InChI is InChI=1S/C12H26N2O/c1-3-5-10-8-12(10)14-9-11(13)6-4-7-15-2/h10-12,14H,3-9,13H2,1-2H3. The predicted octanol–water partition coefficient (Wildman–Crippen LogP) is 1.52. The summed E-state index contributed by atoms with van der Waals surface area (Å²) >= 11 is 0. The molecule has 0 spiro atoms. The molecule has 0 aromatic carbocycles. The van der Waals surface area contributed by atoms with E-state index in [1.165, 1.54) is 19.3 Å². The predicted molar refractivity (Wildman–Crippen MR) is 63.9 cm³/mol. The molecule has 0 aliphatic heterocycles. The fourth-order valence-electron chi connectivity index (χ4n) is 2.08. The second-order valence-electron chi connectivity index (χ2n) is 4.69. The van der Waals surface area contributed by atoms with Gasteiger partial charge in [0.2, 0.25) is 0 Å². The molecule has 3 unspecified atom stereocenters. The van der Waals surface area contributed by atoms with Gasteiger partial charge < -0.3 is 15.8 Å². The first kappa shape index (κ1) is 12.9. The molecule has 0 aromatic heterocycles. The van der Waals surface area contributed by atoms with Crippen LogP contribution in [0, 0.1) is 5.92 Å². The topological polar surface area (TPSA) is 47.3 Å². The van der Waals surface area contributed by atoms with Gasteiger partial charge in [-0.05, 0) is 31.6 Å². The molecule has 1 fully saturated rings. The molecule has 90 valence electrons. The lowest BCUT2D eigenvalue weighted by Gasteiger charge is -2.12. The van der Waals surface area contributed by atoms with Crippen LogP contribution in [0.25, 0.3) is 0 Å². The summed E-state index contributed by atoms with van der Waals surface area (Å²) in [5.74, 6) is 0.932. The molecular formula is C12H26N2O. The summed E-state index contributed by atoms with van der Waals surface area (Å²) in [4.78, 5) is 0. The molecule has 1 saturated carbocycles. The van der Waals surface area contributed by atoms with Crippen LogP contribution < -0.4 is 11.1 Å². The van der Waals surface area contributed by atoms with Crippen LogP contribution in [0.4, 0.5) is 0 Å². The third-order valence-electron chi connectivity index (χ3n) is 3.15. The maximum atomic E-state index is 5.99. The van der Waals surface area contributed by atoms with Crippen molar-refractivity contribution in [1.82, 2.24) is 5.32 Å². The number of methoxy groups -OCH3 is 1. The van der Waals surface area contributed by atoms with Crippen molar-refractivity contribution in [2.45, 2.75) is 51.1 Å². The minimum Gasteiger partial charge on any atom is -0.385 e. The quantitative estimate of drug-likeness (QED) is 0.572. The molecule has 0 radical (unpaired) electrons. The van der Waals surface area contributed by atoms with Gasteiger partial charge in [-0.3, -0.25) is 0 Å². The van der Waals surface area contributed by atoms with Gasteiger partial charge in [0.05, 0.1) is 0 Å². The molecule has 3 heteroatoms. The molecule has 0 bridgehead atoms. The van der Waals surface area contributed by atoms with Crippen molar-refractivity contribution in [2.75, 3.05) is 20.3 Å². The highest BCUT2D eigenvalue weighted by atomic mass is 16.5. The monoisotopic (exact) mass is 214 g/mol. The van der Waals surface area contributed by atoms with Gasteiger partial charge in [-0.1, -0.05) is 13.3 Å². The second kappa shape index (κ2) is 7.20. The molecule has 3 N–H and O–H groups in total. The van der Waals surface area contributed by atoms with Crippen molar-refractivity contribution in [2.24, 2.45) is 11.7 Å². The van der Waals surface area contributed by atoms with Gasteiger partial charge in [0, 0.05) is 32.3 Å². The van der Waals surface area contributed by atoms with E-state index in [9.17, 15) is 0 Å². The average molecular weight is 214 g/mol. The Labute approximate surface area is 93.8 Å². The van der Waals surface area contributed by atoms with Crippen molar-refractivity contribution >= 4 is 0 Å². The normalized spacial score (nSPS) is 26.6. The van der Waals surface area contributed by atoms with Crippen molar-refractivity contribution < 1.29 is 4.74 Å². The Morgan fingerprint density at radius 3 is 3.00 bits per heavy atom. The van der Waals surface area contributed by atoms with E-state index in [-0.39, 0.29) is 0 Å². The Morgan fingerprint density at radius 2 is 2.33 bits per heavy atom. The number of ether oxygens (including phenoxy) is 1. The number of rotatable bonds is 9. The average Bonchev–Trinajstić information content (AvgIpc) is 2.95. The van der Waals surface area contributed by atoms with Crippen LogP contribution in [-0.4, -0.2) is 32.3 Å². The summed E-state index contributed by atoms with van der Waals surface area (Å²) in [6, 6.07) is 1.06. The fourth-order valence-corrected chi connectivity index (χ4v) is 2.08. The smallest absolute Gasteiger partial charge is 0.0462 e. The van der Waals surface area contributed by atoms with Gasteiger partial charge in [-0.2, -0.15) is 0 Å². The van der Waals surface area contributed by atoms with Crippen molar-refractivity contribution in [3.63, 3.8) is 0 Å². The third-order valence-corrected chi connectivity index (χ3v) is 3.15. The van der Waals surface area contributed by atoms with E-state index in [4.69, 9.17) is 10.5 Å². The van der Waals surface area contributed by atoms with E-state index in [1.807, 2.05) is 0 Å².